The number of urea groups is 1. The van der Waals surface area contributed by atoms with Gasteiger partial charge in [0.15, 0.2) is 0 Å². The number of nitrogens with zero attached hydrogens (tertiary/aromatic N) is 2. The van der Waals surface area contributed by atoms with Gasteiger partial charge in [-0.2, -0.15) is 0 Å². The number of hydrogen-bond acceptors (Lipinski definition) is 3. The van der Waals surface area contributed by atoms with Gasteiger partial charge in [0.2, 0.25) is 5.91 Å². The van der Waals surface area contributed by atoms with Crippen LogP contribution in [0.15, 0.2) is 42.5 Å². The summed E-state index contributed by atoms with van der Waals surface area (Å²) in [6, 6.07) is 12.6. The molecule has 136 valence electrons. The molecule has 1 atom stereocenters. The van der Waals surface area contributed by atoms with E-state index in [-0.39, 0.29) is 18.4 Å². The highest BCUT2D eigenvalue weighted by atomic mass is 16.2. The summed E-state index contributed by atoms with van der Waals surface area (Å²) in [6.07, 6.45) is 1.37. The minimum atomic E-state index is -0.520. The van der Waals surface area contributed by atoms with E-state index in [0.29, 0.717) is 13.0 Å². The molecule has 1 aliphatic heterocycles. The molecule has 1 fully saturated rings. The van der Waals surface area contributed by atoms with Gasteiger partial charge in [0.05, 0.1) is 5.69 Å². The van der Waals surface area contributed by atoms with Gasteiger partial charge in [-0.3, -0.25) is 14.5 Å². The Bertz CT molecular complexity index is 844. The zero-order chi connectivity index (χ0) is 18.7. The Labute approximate surface area is 152 Å². The molecular weight excluding hydrogens is 330 g/mol. The van der Waals surface area contributed by atoms with E-state index >= 15 is 0 Å². The van der Waals surface area contributed by atoms with Crippen molar-refractivity contribution in [3.63, 3.8) is 0 Å². The molecule has 0 spiro atoms. The number of fused-ring (bicyclic) bond motifs is 1. The van der Waals surface area contributed by atoms with Crippen molar-refractivity contribution < 1.29 is 14.4 Å². The molecule has 1 saturated heterocycles. The zero-order valence-corrected chi connectivity index (χ0v) is 15.1. The van der Waals surface area contributed by atoms with E-state index < -0.39 is 12.1 Å². The van der Waals surface area contributed by atoms with Crippen LogP contribution < -0.4 is 10.2 Å². The van der Waals surface area contributed by atoms with Gasteiger partial charge < -0.3 is 10.2 Å². The van der Waals surface area contributed by atoms with Crippen LogP contribution >= 0.6 is 0 Å². The number of likely N-dealkylation sites (N-methyl/N-ethyl adjacent to an activating group) is 1. The number of anilines is 1. The number of rotatable bonds is 6. The zero-order valence-electron chi connectivity index (χ0n) is 15.1. The van der Waals surface area contributed by atoms with Gasteiger partial charge in [0.1, 0.15) is 12.6 Å². The second-order valence-corrected chi connectivity index (χ2v) is 6.35. The third kappa shape index (κ3) is 3.27. The molecule has 1 N–H and O–H groups in total. The molecule has 1 heterocycles. The largest absolute Gasteiger partial charge is 0.326 e. The number of imide groups is 1. The maximum absolute atomic E-state index is 12.9. The van der Waals surface area contributed by atoms with Crippen LogP contribution in [0.25, 0.3) is 10.8 Å². The summed E-state index contributed by atoms with van der Waals surface area (Å²) >= 11 is 0. The van der Waals surface area contributed by atoms with Gasteiger partial charge in [-0.25, -0.2) is 4.79 Å². The van der Waals surface area contributed by atoms with Crippen molar-refractivity contribution >= 4 is 34.3 Å². The van der Waals surface area contributed by atoms with Crippen molar-refractivity contribution in [2.75, 3.05) is 18.0 Å². The lowest BCUT2D eigenvalue weighted by molar-refractivity contribution is -0.131. The van der Waals surface area contributed by atoms with Gasteiger partial charge in [0, 0.05) is 11.9 Å². The van der Waals surface area contributed by atoms with Crippen molar-refractivity contribution in [3.8, 4) is 0 Å². The fourth-order valence-corrected chi connectivity index (χ4v) is 3.36. The van der Waals surface area contributed by atoms with E-state index in [1.807, 2.05) is 56.3 Å². The topological polar surface area (TPSA) is 69.7 Å². The molecule has 2 aromatic rings. The van der Waals surface area contributed by atoms with Gasteiger partial charge in [0.25, 0.3) is 5.91 Å². The number of benzene rings is 2. The summed E-state index contributed by atoms with van der Waals surface area (Å²) in [5, 5.41) is 4.65. The predicted octanol–water partition coefficient (Wildman–Crippen LogP) is 2.91. The monoisotopic (exact) mass is 353 g/mol. The van der Waals surface area contributed by atoms with Crippen molar-refractivity contribution in [1.82, 2.24) is 10.2 Å². The third-order valence-corrected chi connectivity index (χ3v) is 4.65. The van der Waals surface area contributed by atoms with Crippen molar-refractivity contribution in [1.29, 1.82) is 0 Å². The molecule has 3 rings (SSSR count). The summed E-state index contributed by atoms with van der Waals surface area (Å²) in [5.74, 6) is -0.594. The smallest absolute Gasteiger partial charge is 0.325 e. The maximum atomic E-state index is 12.9. The number of nitrogens with one attached hydrogen (secondary N) is 1. The number of hydrogen-bond donors (Lipinski definition) is 1. The molecular formula is C20H23N3O3. The van der Waals surface area contributed by atoms with E-state index in [1.165, 1.54) is 0 Å². The summed E-state index contributed by atoms with van der Waals surface area (Å²) in [4.78, 5) is 40.0. The van der Waals surface area contributed by atoms with Crippen LogP contribution in [-0.2, 0) is 9.59 Å². The molecule has 1 unspecified atom stereocenters. The molecule has 0 radical (unpaired) electrons. The summed E-state index contributed by atoms with van der Waals surface area (Å²) in [7, 11) is 0. The second-order valence-electron chi connectivity index (χ2n) is 6.35. The highest BCUT2D eigenvalue weighted by Crippen LogP contribution is 2.27. The average Bonchev–Trinajstić information content (AvgIpc) is 2.90. The fourth-order valence-electron chi connectivity index (χ4n) is 3.36. The van der Waals surface area contributed by atoms with Crippen molar-refractivity contribution in [2.45, 2.75) is 32.7 Å². The Morgan fingerprint density at radius 1 is 1.12 bits per heavy atom. The first kappa shape index (κ1) is 17.9. The molecule has 1 aliphatic rings. The highest BCUT2D eigenvalue weighted by molar-refractivity contribution is 6.10. The molecule has 0 bridgehead atoms. The Morgan fingerprint density at radius 3 is 2.58 bits per heavy atom. The van der Waals surface area contributed by atoms with Gasteiger partial charge >= 0.3 is 6.03 Å². The van der Waals surface area contributed by atoms with E-state index in [9.17, 15) is 14.4 Å². The molecule has 26 heavy (non-hydrogen) atoms. The number of carbonyl (C=O) groups is 3. The fraction of sp³-hybridized carbons (Fsp3) is 0.350. The first-order valence-electron chi connectivity index (χ1n) is 8.96. The maximum Gasteiger partial charge on any atom is 0.325 e. The molecule has 6 nitrogen and oxygen atoms in total. The lowest BCUT2D eigenvalue weighted by atomic mass is 10.1. The second kappa shape index (κ2) is 7.56. The van der Waals surface area contributed by atoms with Crippen LogP contribution in [0.3, 0.4) is 0 Å². The SMILES string of the molecule is CCCC1NC(=O)N(CC(=O)N(CC)c2cccc3ccccc23)C1=O. The molecule has 4 amide bonds. The average molecular weight is 353 g/mol. The standard InChI is InChI=1S/C20H23N3O3/c1-3-8-16-19(25)23(20(26)21-16)13-18(24)22(4-2)17-12-7-10-14-9-5-6-11-15(14)17/h5-7,9-12,16H,3-4,8,13H2,1-2H3,(H,21,26). The Balaban J connectivity index is 1.83. The van der Waals surface area contributed by atoms with E-state index in [4.69, 9.17) is 0 Å². The molecule has 0 aliphatic carbocycles. The molecule has 6 heteroatoms. The molecule has 2 aromatic carbocycles. The van der Waals surface area contributed by atoms with E-state index in [2.05, 4.69) is 5.32 Å². The lowest BCUT2D eigenvalue weighted by Gasteiger charge is -2.24. The first-order valence-corrected chi connectivity index (χ1v) is 8.96. The van der Waals surface area contributed by atoms with Crippen LogP contribution in [0.4, 0.5) is 10.5 Å². The molecule has 0 aromatic heterocycles. The van der Waals surface area contributed by atoms with Crippen LogP contribution in [-0.4, -0.2) is 41.9 Å². The summed E-state index contributed by atoms with van der Waals surface area (Å²) in [6.45, 7) is 4.04. The minimum Gasteiger partial charge on any atom is -0.326 e. The predicted molar refractivity (Wildman–Crippen MR) is 101 cm³/mol. The van der Waals surface area contributed by atoms with Gasteiger partial charge in [-0.15, -0.1) is 0 Å². The summed E-state index contributed by atoms with van der Waals surface area (Å²) in [5.41, 5.74) is 0.785. The summed E-state index contributed by atoms with van der Waals surface area (Å²) < 4.78 is 0. The third-order valence-electron chi connectivity index (χ3n) is 4.65. The first-order chi connectivity index (χ1) is 12.6. The van der Waals surface area contributed by atoms with E-state index in [0.717, 1.165) is 27.8 Å². The highest BCUT2D eigenvalue weighted by Gasteiger charge is 2.39. The molecule has 0 saturated carbocycles. The number of amides is 4. The van der Waals surface area contributed by atoms with Crippen LogP contribution in [0.5, 0.6) is 0 Å². The minimum absolute atomic E-state index is 0.248. The normalized spacial score (nSPS) is 16.8. The Hall–Kier alpha value is -2.89. The van der Waals surface area contributed by atoms with Crippen LogP contribution in [0.2, 0.25) is 0 Å². The van der Waals surface area contributed by atoms with Crippen molar-refractivity contribution in [2.24, 2.45) is 0 Å². The van der Waals surface area contributed by atoms with Gasteiger partial charge in [-0.05, 0) is 24.8 Å². The quantitative estimate of drug-likeness (QED) is 0.812. The van der Waals surface area contributed by atoms with Crippen LogP contribution in [0, 0.1) is 0 Å². The van der Waals surface area contributed by atoms with Gasteiger partial charge in [-0.1, -0.05) is 49.7 Å². The number of carbonyl (C=O) groups excluding carboxylic acids is 3. The lowest BCUT2D eigenvalue weighted by Crippen LogP contribution is -2.43. The van der Waals surface area contributed by atoms with Crippen molar-refractivity contribution in [3.05, 3.63) is 42.5 Å². The Kier molecular flexibility index (Phi) is 5.21. The Morgan fingerprint density at radius 2 is 1.85 bits per heavy atom. The van der Waals surface area contributed by atoms with E-state index in [1.54, 1.807) is 4.90 Å². The van der Waals surface area contributed by atoms with Crippen LogP contribution in [0.1, 0.15) is 26.7 Å².